The fourth-order valence-corrected chi connectivity index (χ4v) is 3.52. The van der Waals surface area contributed by atoms with E-state index in [0.717, 1.165) is 24.3 Å². The molecule has 122 valence electrons. The number of hydrogen-bond donors (Lipinski definition) is 2. The molecule has 1 heterocycles. The maximum Gasteiger partial charge on any atom is 0.253 e. The molecule has 1 aromatic rings. The number of amides is 1. The van der Waals surface area contributed by atoms with E-state index in [0.29, 0.717) is 0 Å². The van der Waals surface area contributed by atoms with Gasteiger partial charge in [0.05, 0.1) is 12.2 Å². The van der Waals surface area contributed by atoms with Crippen molar-refractivity contribution in [1.29, 1.82) is 0 Å². The molecule has 0 unspecified atom stereocenters. The number of nitrogens with one attached hydrogen (secondary N) is 1. The van der Waals surface area contributed by atoms with Crippen LogP contribution in [0.4, 0.5) is 5.69 Å². The number of anilines is 1. The van der Waals surface area contributed by atoms with Crippen LogP contribution in [0.25, 0.3) is 0 Å². The predicted octanol–water partition coefficient (Wildman–Crippen LogP) is 2.52. The molecule has 0 spiro atoms. The average Bonchev–Trinajstić information content (AvgIpc) is 2.56. The van der Waals surface area contributed by atoms with Crippen LogP contribution in [0.3, 0.4) is 0 Å². The van der Waals surface area contributed by atoms with Gasteiger partial charge in [-0.3, -0.25) is 4.79 Å². The summed E-state index contributed by atoms with van der Waals surface area (Å²) in [6, 6.07) is 7.75. The number of hydrogen-bond acceptors (Lipinski definition) is 4. The zero-order valence-electron chi connectivity index (χ0n) is 13.4. The van der Waals surface area contributed by atoms with Crippen molar-refractivity contribution >= 4 is 23.4 Å². The number of benzene rings is 1. The zero-order chi connectivity index (χ0) is 15.9. The Balaban J connectivity index is 2.12. The van der Waals surface area contributed by atoms with Gasteiger partial charge in [0.2, 0.25) is 0 Å². The summed E-state index contributed by atoms with van der Waals surface area (Å²) in [6.07, 6.45) is 5.59. The van der Waals surface area contributed by atoms with Gasteiger partial charge >= 0.3 is 0 Å². The summed E-state index contributed by atoms with van der Waals surface area (Å²) in [5.41, 5.74) is 1.76. The zero-order valence-corrected chi connectivity index (χ0v) is 14.2. The van der Waals surface area contributed by atoms with Crippen LogP contribution < -0.4 is 10.2 Å². The van der Waals surface area contributed by atoms with Crippen molar-refractivity contribution in [2.75, 3.05) is 30.9 Å². The van der Waals surface area contributed by atoms with Gasteiger partial charge in [0, 0.05) is 30.1 Å². The van der Waals surface area contributed by atoms with Gasteiger partial charge in [-0.25, -0.2) is 0 Å². The van der Waals surface area contributed by atoms with Gasteiger partial charge in [0.25, 0.3) is 5.91 Å². The molecule has 2 N–H and O–H groups in total. The first kappa shape index (κ1) is 17.2. The Labute approximate surface area is 137 Å². The molecule has 22 heavy (non-hydrogen) atoms. The van der Waals surface area contributed by atoms with Crippen LogP contribution in [0.5, 0.6) is 0 Å². The van der Waals surface area contributed by atoms with Gasteiger partial charge in [0.1, 0.15) is 0 Å². The van der Waals surface area contributed by atoms with E-state index in [1.54, 1.807) is 11.8 Å². The van der Waals surface area contributed by atoms with Crippen LogP contribution in [-0.2, 0) is 0 Å². The summed E-state index contributed by atoms with van der Waals surface area (Å²) >= 11 is 1.57. The van der Waals surface area contributed by atoms with Crippen LogP contribution in [0.1, 0.15) is 36.5 Å². The van der Waals surface area contributed by atoms with Crippen molar-refractivity contribution in [3.05, 3.63) is 29.8 Å². The number of rotatable bonds is 6. The quantitative estimate of drug-likeness (QED) is 0.845. The fourth-order valence-electron chi connectivity index (χ4n) is 2.89. The van der Waals surface area contributed by atoms with E-state index < -0.39 is 0 Å². The standard InChI is InChI=1S/C17H26N2O2S/c1-13(16(12-20)22-2)18-17(21)14-8-4-5-9-15(14)19-10-6-3-7-11-19/h4-5,8-9,13,16,20H,3,6-7,10-12H2,1-2H3,(H,18,21)/t13-,16+/m0/s1. The van der Waals surface area contributed by atoms with E-state index in [9.17, 15) is 9.90 Å². The highest BCUT2D eigenvalue weighted by atomic mass is 32.2. The van der Waals surface area contributed by atoms with Crippen molar-refractivity contribution in [3.63, 3.8) is 0 Å². The molecular formula is C17H26N2O2S. The van der Waals surface area contributed by atoms with Crippen LogP contribution >= 0.6 is 11.8 Å². The Hall–Kier alpha value is -1.20. The van der Waals surface area contributed by atoms with Crippen molar-refractivity contribution in [2.24, 2.45) is 0 Å². The Morgan fingerprint density at radius 2 is 2.00 bits per heavy atom. The lowest BCUT2D eigenvalue weighted by Gasteiger charge is -2.30. The largest absolute Gasteiger partial charge is 0.395 e. The summed E-state index contributed by atoms with van der Waals surface area (Å²) in [5.74, 6) is -0.0545. The molecular weight excluding hydrogens is 296 g/mol. The summed E-state index contributed by atoms with van der Waals surface area (Å²) in [4.78, 5) is 14.9. The van der Waals surface area contributed by atoms with Gasteiger partial charge in [-0.15, -0.1) is 0 Å². The van der Waals surface area contributed by atoms with Crippen LogP contribution in [-0.4, -0.2) is 48.3 Å². The first-order chi connectivity index (χ1) is 10.7. The maximum atomic E-state index is 12.6. The van der Waals surface area contributed by atoms with Gasteiger partial charge in [-0.1, -0.05) is 12.1 Å². The Bertz CT molecular complexity index is 485. The molecule has 1 aliphatic rings. The number of nitrogens with zero attached hydrogens (tertiary/aromatic N) is 1. The van der Waals surface area contributed by atoms with Crippen LogP contribution in [0, 0.1) is 0 Å². The molecule has 1 fully saturated rings. The van der Waals surface area contributed by atoms with Crippen LogP contribution in [0.2, 0.25) is 0 Å². The maximum absolute atomic E-state index is 12.6. The number of piperidine rings is 1. The van der Waals surface area contributed by atoms with Crippen molar-refractivity contribution in [2.45, 2.75) is 37.5 Å². The number of carbonyl (C=O) groups excluding carboxylic acids is 1. The van der Waals surface area contributed by atoms with Crippen molar-refractivity contribution < 1.29 is 9.90 Å². The molecule has 4 nitrogen and oxygen atoms in total. The van der Waals surface area contributed by atoms with E-state index in [4.69, 9.17) is 0 Å². The van der Waals surface area contributed by atoms with E-state index in [1.807, 2.05) is 37.4 Å². The molecule has 2 atom stereocenters. The molecule has 0 saturated carbocycles. The van der Waals surface area contributed by atoms with Gasteiger partial charge in [0.15, 0.2) is 0 Å². The fraction of sp³-hybridized carbons (Fsp3) is 0.588. The minimum absolute atomic E-state index is 0.0195. The van der Waals surface area contributed by atoms with Crippen LogP contribution in [0.15, 0.2) is 24.3 Å². The summed E-state index contributed by atoms with van der Waals surface area (Å²) < 4.78 is 0. The predicted molar refractivity (Wildman–Crippen MR) is 93.8 cm³/mol. The smallest absolute Gasteiger partial charge is 0.253 e. The normalized spacial score (nSPS) is 17.9. The number of para-hydroxylation sites is 1. The molecule has 1 saturated heterocycles. The highest BCUT2D eigenvalue weighted by Gasteiger charge is 2.22. The highest BCUT2D eigenvalue weighted by Crippen LogP contribution is 2.24. The number of aliphatic hydroxyl groups excluding tert-OH is 1. The molecule has 1 amide bonds. The second-order valence-electron chi connectivity index (χ2n) is 5.78. The van der Waals surface area contributed by atoms with E-state index in [2.05, 4.69) is 10.2 Å². The number of carbonyl (C=O) groups is 1. The second-order valence-corrected chi connectivity index (χ2v) is 6.86. The first-order valence-corrected chi connectivity index (χ1v) is 9.24. The minimum atomic E-state index is -0.0677. The molecule has 2 rings (SSSR count). The molecule has 5 heteroatoms. The molecule has 1 aliphatic heterocycles. The third kappa shape index (κ3) is 4.17. The molecule has 0 aliphatic carbocycles. The van der Waals surface area contributed by atoms with E-state index in [-0.39, 0.29) is 23.8 Å². The number of thioether (sulfide) groups is 1. The van der Waals surface area contributed by atoms with E-state index in [1.165, 1.54) is 19.3 Å². The molecule has 0 radical (unpaired) electrons. The van der Waals surface area contributed by atoms with Gasteiger partial charge in [-0.2, -0.15) is 11.8 Å². The van der Waals surface area contributed by atoms with E-state index >= 15 is 0 Å². The third-order valence-corrected chi connectivity index (χ3v) is 5.41. The Morgan fingerprint density at radius 3 is 2.64 bits per heavy atom. The summed E-state index contributed by atoms with van der Waals surface area (Å²) in [5, 5.41) is 12.4. The van der Waals surface area contributed by atoms with Gasteiger partial charge in [-0.05, 0) is 44.6 Å². The first-order valence-electron chi connectivity index (χ1n) is 7.96. The highest BCUT2D eigenvalue weighted by molar-refractivity contribution is 7.99. The lowest BCUT2D eigenvalue weighted by molar-refractivity contribution is 0.0936. The third-order valence-electron chi connectivity index (χ3n) is 4.24. The molecule has 0 aromatic heterocycles. The minimum Gasteiger partial charge on any atom is -0.395 e. The lowest BCUT2D eigenvalue weighted by Crippen LogP contribution is -2.42. The van der Waals surface area contributed by atoms with Crippen molar-refractivity contribution in [3.8, 4) is 0 Å². The Kier molecular flexibility index (Phi) is 6.58. The number of aliphatic hydroxyl groups is 1. The second kappa shape index (κ2) is 8.44. The molecule has 1 aromatic carbocycles. The van der Waals surface area contributed by atoms with Crippen molar-refractivity contribution in [1.82, 2.24) is 5.32 Å². The topological polar surface area (TPSA) is 52.6 Å². The SMILES string of the molecule is CS[C@H](CO)[C@H](C)NC(=O)c1ccccc1N1CCCCC1. The summed E-state index contributed by atoms with van der Waals surface area (Å²) in [7, 11) is 0. The lowest BCUT2D eigenvalue weighted by atomic mass is 10.1. The monoisotopic (exact) mass is 322 g/mol. The Morgan fingerprint density at radius 1 is 1.32 bits per heavy atom. The van der Waals surface area contributed by atoms with Gasteiger partial charge < -0.3 is 15.3 Å². The molecule has 0 bridgehead atoms. The summed E-state index contributed by atoms with van der Waals surface area (Å²) in [6.45, 7) is 4.04. The average molecular weight is 322 g/mol.